The van der Waals surface area contributed by atoms with Gasteiger partial charge < -0.3 is 9.59 Å². The first-order valence-corrected chi connectivity index (χ1v) is 11.9. The minimum Gasteiger partial charge on any atom is -0.380 e. The maximum absolute atomic E-state index is 13.2. The van der Waals surface area contributed by atoms with Gasteiger partial charge in [0.25, 0.3) is 5.69 Å². The van der Waals surface area contributed by atoms with E-state index in [-0.39, 0.29) is 17.4 Å². The van der Waals surface area contributed by atoms with Crippen molar-refractivity contribution in [3.63, 3.8) is 0 Å². The predicted octanol–water partition coefficient (Wildman–Crippen LogP) is 4.57. The van der Waals surface area contributed by atoms with Gasteiger partial charge in [0.05, 0.1) is 24.6 Å². The first kappa shape index (κ1) is 22.4. The molecular weight excluding hydrogens is 428 g/mol. The Labute approximate surface area is 199 Å². The van der Waals surface area contributed by atoms with Gasteiger partial charge in [0.15, 0.2) is 0 Å². The predicted molar refractivity (Wildman–Crippen MR) is 129 cm³/mol. The molecule has 6 heteroatoms. The highest BCUT2D eigenvalue weighted by atomic mass is 16.6. The summed E-state index contributed by atoms with van der Waals surface area (Å²) < 4.78 is 0.652. The third-order valence-corrected chi connectivity index (χ3v) is 7.95. The van der Waals surface area contributed by atoms with Crippen LogP contribution in [-0.2, 0) is 5.60 Å². The van der Waals surface area contributed by atoms with Gasteiger partial charge in [0.2, 0.25) is 5.78 Å². The zero-order valence-electron chi connectivity index (χ0n) is 19.0. The molecule has 0 amide bonds. The van der Waals surface area contributed by atoms with Crippen molar-refractivity contribution in [1.82, 2.24) is 0 Å². The van der Waals surface area contributed by atoms with Gasteiger partial charge in [-0.3, -0.25) is 14.9 Å². The van der Waals surface area contributed by atoms with E-state index in [1.165, 1.54) is 12.1 Å². The largest absolute Gasteiger partial charge is 0.380 e. The Bertz CT molecular complexity index is 1130. The molecule has 3 heterocycles. The number of rotatable bonds is 7. The minimum absolute atomic E-state index is 0.00281. The van der Waals surface area contributed by atoms with E-state index in [1.807, 2.05) is 60.7 Å². The minimum atomic E-state index is -1.13. The third-order valence-electron chi connectivity index (χ3n) is 7.95. The number of hydrogen-bond acceptors (Lipinski definition) is 4. The number of carbonyl (C=O) groups excluding carboxylic acids is 1. The molecule has 1 N–H and O–H groups in total. The van der Waals surface area contributed by atoms with Crippen molar-refractivity contribution in [2.24, 2.45) is 11.8 Å². The van der Waals surface area contributed by atoms with Gasteiger partial charge in [0, 0.05) is 36.5 Å². The Hall–Kier alpha value is -3.35. The lowest BCUT2D eigenvalue weighted by Gasteiger charge is -2.56. The molecule has 0 aromatic heterocycles. The van der Waals surface area contributed by atoms with Gasteiger partial charge in [-0.2, -0.15) is 0 Å². The van der Waals surface area contributed by atoms with Crippen LogP contribution in [0.3, 0.4) is 0 Å². The van der Waals surface area contributed by atoms with Crippen LogP contribution in [0.5, 0.6) is 0 Å². The van der Waals surface area contributed by atoms with Crippen LogP contribution in [0.4, 0.5) is 5.69 Å². The number of quaternary nitrogens is 1. The van der Waals surface area contributed by atoms with E-state index < -0.39 is 10.5 Å². The number of Topliss-reactive ketones (excluding diaryl/α,β-unsaturated/α-hetero) is 1. The zero-order chi connectivity index (χ0) is 23.8. The Morgan fingerprint density at radius 3 is 1.94 bits per heavy atom. The molecule has 174 valence electrons. The molecule has 3 fully saturated rings. The molecule has 0 aliphatic carbocycles. The maximum Gasteiger partial charge on any atom is 0.269 e. The second kappa shape index (κ2) is 8.78. The van der Waals surface area contributed by atoms with Crippen molar-refractivity contribution >= 4 is 11.5 Å². The van der Waals surface area contributed by atoms with Crippen molar-refractivity contribution in [3.8, 4) is 0 Å². The second-order valence-corrected chi connectivity index (χ2v) is 9.80. The molecule has 2 bridgehead atoms. The number of non-ortho nitro benzene ring substituents is 1. The van der Waals surface area contributed by atoms with Crippen molar-refractivity contribution < 1.29 is 19.3 Å². The van der Waals surface area contributed by atoms with Crippen LogP contribution in [0, 0.1) is 22.0 Å². The fraction of sp³-hybridized carbons (Fsp3) is 0.321. The molecule has 6 rings (SSSR count). The van der Waals surface area contributed by atoms with Gasteiger partial charge in [-0.05, 0) is 29.2 Å². The fourth-order valence-corrected chi connectivity index (χ4v) is 6.13. The molecule has 6 nitrogen and oxygen atoms in total. The topological polar surface area (TPSA) is 80.4 Å². The average molecular weight is 458 g/mol. The molecular formula is C28H29N2O4+. The summed E-state index contributed by atoms with van der Waals surface area (Å²) >= 11 is 0. The van der Waals surface area contributed by atoms with Crippen molar-refractivity contribution in [2.45, 2.75) is 18.4 Å². The monoisotopic (exact) mass is 457 g/mol. The number of piperidine rings is 3. The highest BCUT2D eigenvalue weighted by Crippen LogP contribution is 2.49. The molecule has 0 spiro atoms. The Balaban J connectivity index is 1.46. The number of ketones is 1. The summed E-state index contributed by atoms with van der Waals surface area (Å²) in [5.41, 5.74) is 1.13. The smallest absolute Gasteiger partial charge is 0.269 e. The number of hydrogen-bond donors (Lipinski definition) is 1. The quantitative estimate of drug-likeness (QED) is 0.244. The maximum atomic E-state index is 13.2. The summed E-state index contributed by atoms with van der Waals surface area (Å²) in [6, 6.07) is 25.7. The van der Waals surface area contributed by atoms with Gasteiger partial charge in [-0.15, -0.1) is 0 Å². The van der Waals surface area contributed by atoms with E-state index in [1.54, 1.807) is 12.1 Å². The number of benzene rings is 3. The number of fused-ring (bicyclic) bond motifs is 3. The second-order valence-electron chi connectivity index (χ2n) is 9.80. The summed E-state index contributed by atoms with van der Waals surface area (Å²) in [6.07, 6.45) is 1.94. The molecule has 0 radical (unpaired) electrons. The highest BCUT2D eigenvalue weighted by Gasteiger charge is 2.55. The average Bonchev–Trinajstić information content (AvgIpc) is 2.89. The number of nitro groups is 1. The SMILES string of the molecule is O=C(C[N+]12CCC(CC1)[C@H](C(O)(c1ccccc1)c1ccccc1)C2)c1ccc([N+](=O)[O-])cc1. The summed E-state index contributed by atoms with van der Waals surface area (Å²) in [4.78, 5) is 23.7. The molecule has 3 saturated heterocycles. The van der Waals surface area contributed by atoms with Gasteiger partial charge in [-0.25, -0.2) is 0 Å². The van der Waals surface area contributed by atoms with Gasteiger partial charge in [-0.1, -0.05) is 60.7 Å². The third kappa shape index (κ3) is 3.93. The van der Waals surface area contributed by atoms with Gasteiger partial charge >= 0.3 is 0 Å². The van der Waals surface area contributed by atoms with Gasteiger partial charge in [0.1, 0.15) is 12.1 Å². The standard InChI is InChI=1S/C28H29N2O4/c31-27(22-11-13-25(14-12-22)29(33)34)20-30-17-15-21(16-18-30)26(19-30)28(32,23-7-3-1-4-8-23)24-9-5-2-6-10-24/h1-14,21,26,32H,15-20H2/q+1/t21?,26-,30?/m1/s1. The zero-order valence-corrected chi connectivity index (χ0v) is 19.0. The van der Waals surface area contributed by atoms with E-state index in [0.717, 1.165) is 43.6 Å². The number of nitrogens with zero attached hydrogens (tertiary/aromatic N) is 2. The molecule has 0 unspecified atom stereocenters. The first-order chi connectivity index (χ1) is 16.4. The lowest BCUT2D eigenvalue weighted by Crippen LogP contribution is -2.66. The van der Waals surface area contributed by atoms with Crippen molar-refractivity contribution in [2.75, 3.05) is 26.2 Å². The fourth-order valence-electron chi connectivity index (χ4n) is 6.13. The van der Waals surface area contributed by atoms with Crippen molar-refractivity contribution in [1.29, 1.82) is 0 Å². The molecule has 3 aliphatic rings. The van der Waals surface area contributed by atoms with Crippen LogP contribution in [0.2, 0.25) is 0 Å². The summed E-state index contributed by atoms with van der Waals surface area (Å²) in [6.45, 7) is 2.91. The van der Waals surface area contributed by atoms with Crippen LogP contribution < -0.4 is 0 Å². The van der Waals surface area contributed by atoms with Crippen LogP contribution >= 0.6 is 0 Å². The summed E-state index contributed by atoms with van der Waals surface area (Å²) in [7, 11) is 0. The molecule has 3 aromatic carbocycles. The number of aliphatic hydroxyl groups is 1. The molecule has 34 heavy (non-hydrogen) atoms. The van der Waals surface area contributed by atoms with E-state index in [4.69, 9.17) is 0 Å². The Kier molecular flexibility index (Phi) is 5.80. The number of carbonyl (C=O) groups is 1. The Morgan fingerprint density at radius 1 is 0.912 bits per heavy atom. The molecule has 1 atom stereocenters. The Morgan fingerprint density at radius 2 is 1.44 bits per heavy atom. The lowest BCUT2D eigenvalue weighted by atomic mass is 9.64. The molecule has 0 saturated carbocycles. The van der Waals surface area contributed by atoms with Crippen LogP contribution in [-0.4, -0.2) is 46.5 Å². The number of nitro benzene ring substituents is 1. The van der Waals surface area contributed by atoms with E-state index in [2.05, 4.69) is 0 Å². The first-order valence-electron chi connectivity index (χ1n) is 11.9. The molecule has 3 aromatic rings. The highest BCUT2D eigenvalue weighted by molar-refractivity contribution is 5.97. The van der Waals surface area contributed by atoms with Crippen LogP contribution in [0.15, 0.2) is 84.9 Å². The molecule has 3 aliphatic heterocycles. The van der Waals surface area contributed by atoms with Crippen LogP contribution in [0.1, 0.15) is 34.3 Å². The van der Waals surface area contributed by atoms with E-state index >= 15 is 0 Å². The normalized spacial score (nSPS) is 24.0. The van der Waals surface area contributed by atoms with E-state index in [9.17, 15) is 20.0 Å². The summed E-state index contributed by atoms with van der Waals surface area (Å²) in [5, 5.41) is 23.3. The lowest BCUT2D eigenvalue weighted by molar-refractivity contribution is -0.940. The van der Waals surface area contributed by atoms with E-state index in [0.29, 0.717) is 22.5 Å². The van der Waals surface area contributed by atoms with Crippen molar-refractivity contribution in [3.05, 3.63) is 112 Å². The summed E-state index contributed by atoms with van der Waals surface area (Å²) in [5.74, 6) is 0.376. The van der Waals surface area contributed by atoms with Crippen LogP contribution in [0.25, 0.3) is 0 Å².